The molecule has 29 heavy (non-hydrogen) atoms. The third-order valence-corrected chi connectivity index (χ3v) is 5.16. The maximum absolute atomic E-state index is 12.8. The number of carbonyl (C=O) groups is 1. The van der Waals surface area contributed by atoms with E-state index in [0.29, 0.717) is 5.46 Å². The summed E-state index contributed by atoms with van der Waals surface area (Å²) in [5.74, 6) is 0. The normalized spacial score (nSPS) is 32.5. The van der Waals surface area contributed by atoms with Crippen molar-refractivity contribution in [2.75, 3.05) is 30.9 Å². The molecule has 1 aromatic rings. The van der Waals surface area contributed by atoms with E-state index in [4.69, 9.17) is 36.6 Å². The fourth-order valence-corrected chi connectivity index (χ4v) is 2.88. The maximum atomic E-state index is 12.8. The highest BCUT2D eigenvalue weighted by Crippen LogP contribution is 2.37. The Labute approximate surface area is 190 Å². The zero-order chi connectivity index (χ0) is 28.8. The van der Waals surface area contributed by atoms with Crippen molar-refractivity contribution in [3.63, 3.8) is 0 Å². The second-order valence-corrected chi connectivity index (χ2v) is 9.30. The number of amides is 1. The van der Waals surface area contributed by atoms with Crippen LogP contribution in [-0.4, -0.2) is 60.9 Å². The van der Waals surface area contributed by atoms with E-state index in [1.54, 1.807) is 0 Å². The monoisotopic (exact) mass is 430 g/mol. The predicted molar refractivity (Wildman–Crippen MR) is 117 cm³/mol. The van der Waals surface area contributed by atoms with Gasteiger partial charge in [0, 0.05) is 26.0 Å². The van der Waals surface area contributed by atoms with Gasteiger partial charge in [-0.3, -0.25) is 0 Å². The molecule has 0 N–H and O–H groups in total. The molecule has 2 fully saturated rings. The highest BCUT2D eigenvalue weighted by Gasteiger charge is 2.51. The molecule has 0 saturated carbocycles. The van der Waals surface area contributed by atoms with Gasteiger partial charge >= 0.3 is 13.2 Å². The van der Waals surface area contributed by atoms with E-state index in [9.17, 15) is 4.79 Å². The van der Waals surface area contributed by atoms with Crippen molar-refractivity contribution in [1.29, 1.82) is 0 Å². The van der Waals surface area contributed by atoms with Crippen LogP contribution < -0.4 is 10.4 Å². The summed E-state index contributed by atoms with van der Waals surface area (Å²) in [5.41, 5.74) is -2.35. The lowest BCUT2D eigenvalue weighted by atomic mass is 9.79. The summed E-state index contributed by atoms with van der Waals surface area (Å²) < 4.78 is 85.3. The zero-order valence-electron chi connectivity index (χ0n) is 25.7. The minimum atomic E-state index is -3.39. The van der Waals surface area contributed by atoms with E-state index < -0.39 is 56.0 Å². The molecule has 0 aromatic heterocycles. The first-order chi connectivity index (χ1) is 16.3. The molecule has 2 aliphatic heterocycles. The van der Waals surface area contributed by atoms with Gasteiger partial charge in [-0.25, -0.2) is 4.79 Å². The van der Waals surface area contributed by atoms with E-state index in [1.807, 2.05) is 27.7 Å². The van der Waals surface area contributed by atoms with Crippen molar-refractivity contribution < 1.29 is 29.8 Å². The molecule has 1 aromatic carbocycles. The Morgan fingerprint density at radius 3 is 2.17 bits per heavy atom. The van der Waals surface area contributed by atoms with Crippen molar-refractivity contribution in [2.45, 2.75) is 65.3 Å². The van der Waals surface area contributed by atoms with E-state index in [-0.39, 0.29) is 20.5 Å². The molecule has 0 unspecified atom stereocenters. The van der Waals surface area contributed by atoms with Crippen molar-refractivity contribution in [1.82, 2.24) is 4.90 Å². The molecule has 0 radical (unpaired) electrons. The smallest absolute Gasteiger partial charge is 0.444 e. The quantitative estimate of drug-likeness (QED) is 0.670. The molecule has 2 saturated heterocycles. The third-order valence-electron chi connectivity index (χ3n) is 4.86. The summed E-state index contributed by atoms with van der Waals surface area (Å²) in [6, 6.07) is 4.07. The minimum absolute atomic E-state index is 0.158. The van der Waals surface area contributed by atoms with Crippen LogP contribution in [0.5, 0.6) is 0 Å². The van der Waals surface area contributed by atoms with Gasteiger partial charge in [0.15, 0.2) is 0 Å². The molecule has 160 valence electrons. The highest BCUT2D eigenvalue weighted by atomic mass is 35.5. The van der Waals surface area contributed by atoms with Crippen LogP contribution in [0.25, 0.3) is 0 Å². The number of anilines is 1. The first kappa shape index (κ1) is 13.8. The first-order valence-corrected chi connectivity index (χ1v) is 9.68. The molecular weight excluding hydrogens is 391 g/mol. The fourth-order valence-electron chi connectivity index (χ4n) is 2.61. The van der Waals surface area contributed by atoms with Crippen LogP contribution in [0.1, 0.15) is 59.4 Å². The lowest BCUT2D eigenvalue weighted by Gasteiger charge is -2.37. The van der Waals surface area contributed by atoms with Crippen LogP contribution in [0.2, 0.25) is 5.02 Å². The number of rotatable bonds is 2. The molecule has 1 amide bonds. The largest absolute Gasteiger partial charge is 0.494 e. The van der Waals surface area contributed by atoms with Gasteiger partial charge in [-0.05, 0) is 66.1 Å². The molecule has 3 rings (SSSR count). The Balaban J connectivity index is 2.10. The van der Waals surface area contributed by atoms with Crippen molar-refractivity contribution >= 4 is 36.0 Å². The number of hydrogen-bond acceptors (Lipinski definition) is 5. The Hall–Kier alpha value is -1.44. The van der Waals surface area contributed by atoms with Gasteiger partial charge in [-0.15, -0.1) is 0 Å². The first-order valence-electron chi connectivity index (χ1n) is 13.3. The van der Waals surface area contributed by atoms with Gasteiger partial charge in [0.05, 0.1) is 32.9 Å². The molecule has 0 aliphatic carbocycles. The Morgan fingerprint density at radius 1 is 1.14 bits per heavy atom. The SMILES string of the molecule is [2H]C1([2H])N(C(=O)OC(C)(C)C)C([2H])([2H])C([2H])([2H])N(c2ccc(B3OC(C)(C)C(C)(C)O3)cc2Cl)C1([2H])[2H]. The molecule has 0 atom stereocenters. The standard InChI is InChI=1S/C21H32BClN2O4/c1-19(2,3)27-18(26)25-12-10-24(11-13-25)17-9-8-15(14-16(17)23)22-28-20(4,5)21(6,7)29-22/h8-9,14H,10-13H2,1-7H3/i10D2,11D2,12D2,13D2. The topological polar surface area (TPSA) is 51.2 Å². The zero-order valence-corrected chi connectivity index (χ0v) is 18.5. The van der Waals surface area contributed by atoms with E-state index >= 15 is 0 Å². The van der Waals surface area contributed by atoms with Crippen LogP contribution in [0.3, 0.4) is 0 Å². The van der Waals surface area contributed by atoms with E-state index in [2.05, 4.69) is 0 Å². The van der Waals surface area contributed by atoms with Gasteiger partial charge in [0.25, 0.3) is 0 Å². The minimum Gasteiger partial charge on any atom is -0.444 e. The van der Waals surface area contributed by atoms with Crippen LogP contribution in [0, 0.1) is 0 Å². The van der Waals surface area contributed by atoms with Crippen molar-refractivity contribution in [3.05, 3.63) is 23.2 Å². The van der Waals surface area contributed by atoms with Crippen LogP contribution in [0.15, 0.2) is 18.2 Å². The summed E-state index contributed by atoms with van der Waals surface area (Å²) in [7, 11) is -0.827. The summed E-state index contributed by atoms with van der Waals surface area (Å²) in [6.07, 6.45) is -1.54. The van der Waals surface area contributed by atoms with Gasteiger partial charge < -0.3 is 23.8 Å². The summed E-state index contributed by atoms with van der Waals surface area (Å²) >= 11 is 6.47. The van der Waals surface area contributed by atoms with Crippen LogP contribution >= 0.6 is 11.6 Å². The average molecular weight is 431 g/mol. The predicted octanol–water partition coefficient (Wildman–Crippen LogP) is 3.70. The summed E-state index contributed by atoms with van der Waals surface area (Å²) in [4.78, 5) is 13.0. The average Bonchev–Trinajstić information content (AvgIpc) is 2.87. The number of ether oxygens (including phenoxy) is 1. The number of halogens is 1. The molecular formula is C21H32BClN2O4. The van der Waals surface area contributed by atoms with Gasteiger partial charge in [0.1, 0.15) is 5.60 Å². The number of benzene rings is 1. The van der Waals surface area contributed by atoms with Crippen molar-refractivity contribution in [2.24, 2.45) is 0 Å². The lowest BCUT2D eigenvalue weighted by molar-refractivity contribution is 0.00578. The number of nitrogens with zero attached hydrogens (tertiary/aromatic N) is 2. The third kappa shape index (κ3) is 4.84. The van der Waals surface area contributed by atoms with Gasteiger partial charge in [-0.2, -0.15) is 0 Å². The number of hydrogen-bond donors (Lipinski definition) is 0. The number of carbonyl (C=O) groups excluding carboxylic acids is 1. The maximum Gasteiger partial charge on any atom is 0.494 e. The molecule has 6 nitrogen and oxygen atoms in total. The van der Waals surface area contributed by atoms with Gasteiger partial charge in [0.2, 0.25) is 0 Å². The summed E-state index contributed by atoms with van der Waals surface area (Å²) in [6.45, 7) is -1.52. The molecule has 0 bridgehead atoms. The summed E-state index contributed by atoms with van der Waals surface area (Å²) in [5, 5.41) is -0.197. The van der Waals surface area contributed by atoms with Crippen molar-refractivity contribution in [3.8, 4) is 0 Å². The molecule has 0 spiro atoms. The molecule has 8 heteroatoms. The second kappa shape index (κ2) is 7.67. The molecule has 2 heterocycles. The molecule has 2 aliphatic rings. The van der Waals surface area contributed by atoms with Crippen LogP contribution in [0.4, 0.5) is 10.5 Å². The van der Waals surface area contributed by atoms with Crippen LogP contribution in [-0.2, 0) is 14.0 Å². The fraction of sp³-hybridized carbons (Fsp3) is 0.667. The van der Waals surface area contributed by atoms with E-state index in [0.717, 1.165) is 0 Å². The Kier molecular flexibility index (Phi) is 3.65. The Morgan fingerprint density at radius 2 is 1.69 bits per heavy atom. The lowest BCUT2D eigenvalue weighted by Crippen LogP contribution is -2.50. The Bertz CT molecular complexity index is 1050. The highest BCUT2D eigenvalue weighted by molar-refractivity contribution is 6.62. The second-order valence-electron chi connectivity index (χ2n) is 8.90. The van der Waals surface area contributed by atoms with E-state index in [1.165, 1.54) is 39.0 Å². The van der Waals surface area contributed by atoms with Gasteiger partial charge in [-0.1, -0.05) is 17.7 Å². The number of piperazine rings is 1.